The Kier molecular flexibility index (Phi) is 9.41. The number of halogens is 1. The molecule has 2 aromatic rings. The van der Waals surface area contributed by atoms with E-state index in [9.17, 15) is 4.39 Å². The lowest BCUT2D eigenvalue weighted by molar-refractivity contribution is 0.00285. The van der Waals surface area contributed by atoms with E-state index in [0.717, 1.165) is 48.3 Å². The van der Waals surface area contributed by atoms with E-state index in [1.54, 1.807) is 12.5 Å². The molecule has 3 aliphatic rings. The van der Waals surface area contributed by atoms with Gasteiger partial charge in [0.1, 0.15) is 5.67 Å². The number of alkyl halides is 1. The van der Waals surface area contributed by atoms with Crippen LogP contribution in [0.4, 0.5) is 4.39 Å². The maximum Gasteiger partial charge on any atom is 0.108 e. The van der Waals surface area contributed by atoms with Crippen LogP contribution in [0.3, 0.4) is 0 Å². The molecule has 1 heteroatoms. The summed E-state index contributed by atoms with van der Waals surface area (Å²) in [7, 11) is 0. The molecule has 0 bridgehead atoms. The molecule has 5 rings (SSSR count). The molecule has 34 heavy (non-hydrogen) atoms. The van der Waals surface area contributed by atoms with E-state index in [1.807, 2.05) is 0 Å². The van der Waals surface area contributed by atoms with E-state index in [-0.39, 0.29) is 0 Å². The second-order valence-electron chi connectivity index (χ2n) is 12.6. The molecular formula is C33H49F. The Morgan fingerprint density at radius 3 is 1.47 bits per heavy atom. The summed E-state index contributed by atoms with van der Waals surface area (Å²) < 4.78 is 12.8. The summed E-state index contributed by atoms with van der Waals surface area (Å²) in [6, 6.07) is 21.8. The summed E-state index contributed by atoms with van der Waals surface area (Å²) in [5, 5.41) is 0. The highest BCUT2D eigenvalue weighted by molar-refractivity contribution is 5.25. The normalized spacial score (nSPS) is 31.6. The summed E-state index contributed by atoms with van der Waals surface area (Å²) >= 11 is 0. The standard InChI is InChI=1S/C13H18.C12H16.C8H15F/c1-10(2)12-8-13(9-12)11-6-4-3-5-7-11;1-9(2)11-8-12(11)10-6-4-3-5-7-10;1-6(2)7-4-8(3,9)5-7/h3-7,10,12-13H,8-9H2,1-2H3;3-7,9,11-12H,8H2,1-2H3;6-7H,4-5H2,1-3H3/t;11-,12?;/m.0./s1. The third-order valence-corrected chi connectivity index (χ3v) is 8.63. The minimum atomic E-state index is -0.824. The van der Waals surface area contributed by atoms with E-state index < -0.39 is 5.67 Å². The van der Waals surface area contributed by atoms with Gasteiger partial charge in [0.2, 0.25) is 0 Å². The lowest BCUT2D eigenvalue weighted by Gasteiger charge is -2.41. The maximum atomic E-state index is 12.8. The Bertz CT molecular complexity index is 821. The van der Waals surface area contributed by atoms with Gasteiger partial charge in [-0.15, -0.1) is 0 Å². The molecule has 3 fully saturated rings. The summed E-state index contributed by atoms with van der Waals surface area (Å²) in [4.78, 5) is 0. The van der Waals surface area contributed by atoms with Crippen LogP contribution in [0.5, 0.6) is 0 Å². The summed E-state index contributed by atoms with van der Waals surface area (Å²) in [6.07, 6.45) is 5.78. The fourth-order valence-corrected chi connectivity index (χ4v) is 5.74. The largest absolute Gasteiger partial charge is 0.244 e. The highest BCUT2D eigenvalue weighted by Gasteiger charge is 2.41. The van der Waals surface area contributed by atoms with Gasteiger partial charge in [-0.2, -0.15) is 0 Å². The van der Waals surface area contributed by atoms with Crippen LogP contribution in [0.25, 0.3) is 0 Å². The van der Waals surface area contributed by atoms with Gasteiger partial charge in [0.15, 0.2) is 0 Å². The van der Waals surface area contributed by atoms with E-state index in [1.165, 1.54) is 24.8 Å². The van der Waals surface area contributed by atoms with Gasteiger partial charge in [-0.25, -0.2) is 4.39 Å². The third kappa shape index (κ3) is 7.69. The van der Waals surface area contributed by atoms with Crippen molar-refractivity contribution in [3.8, 4) is 0 Å². The van der Waals surface area contributed by atoms with Crippen LogP contribution in [0.2, 0.25) is 0 Å². The molecule has 1 unspecified atom stereocenters. The Morgan fingerprint density at radius 2 is 1.12 bits per heavy atom. The van der Waals surface area contributed by atoms with E-state index in [2.05, 4.69) is 102 Å². The quantitative estimate of drug-likeness (QED) is 0.413. The molecule has 0 aromatic heterocycles. The first-order valence-corrected chi connectivity index (χ1v) is 13.9. The van der Waals surface area contributed by atoms with Crippen LogP contribution >= 0.6 is 0 Å². The Balaban J connectivity index is 0.000000146. The molecule has 0 radical (unpaired) electrons. The SMILES string of the molecule is CC(C)C1CC(C)(F)C1.CC(C)C1CC(c2ccccc2)C1.CC(C)[C@@H]1CC1c1ccccc1. The zero-order chi connectivity index (χ0) is 24.9. The molecule has 0 nitrogen and oxygen atoms in total. The predicted octanol–water partition coefficient (Wildman–Crippen LogP) is 10.1. The van der Waals surface area contributed by atoms with Gasteiger partial charge < -0.3 is 0 Å². The minimum Gasteiger partial charge on any atom is -0.244 e. The second-order valence-corrected chi connectivity index (χ2v) is 12.6. The molecule has 0 saturated heterocycles. The minimum absolute atomic E-state index is 0.653. The van der Waals surface area contributed by atoms with Crippen molar-refractivity contribution in [2.75, 3.05) is 0 Å². The van der Waals surface area contributed by atoms with Gasteiger partial charge in [0, 0.05) is 0 Å². The fourth-order valence-electron chi connectivity index (χ4n) is 5.74. The number of hydrogen-bond donors (Lipinski definition) is 0. The lowest BCUT2D eigenvalue weighted by Crippen LogP contribution is -2.39. The average molecular weight is 465 g/mol. The zero-order valence-electron chi connectivity index (χ0n) is 22.8. The van der Waals surface area contributed by atoms with Crippen LogP contribution in [0, 0.1) is 35.5 Å². The molecule has 0 spiro atoms. The second kappa shape index (κ2) is 11.9. The van der Waals surface area contributed by atoms with Crippen LogP contribution in [0.15, 0.2) is 60.7 Å². The first-order valence-electron chi connectivity index (χ1n) is 13.9. The van der Waals surface area contributed by atoms with Crippen molar-refractivity contribution in [3.05, 3.63) is 71.8 Å². The van der Waals surface area contributed by atoms with Crippen LogP contribution < -0.4 is 0 Å². The Hall–Kier alpha value is -1.63. The molecule has 188 valence electrons. The monoisotopic (exact) mass is 464 g/mol. The topological polar surface area (TPSA) is 0 Å². The zero-order valence-corrected chi connectivity index (χ0v) is 22.8. The molecule has 3 saturated carbocycles. The Labute approximate surface area is 209 Å². The smallest absolute Gasteiger partial charge is 0.108 e. The molecule has 0 aliphatic heterocycles. The summed E-state index contributed by atoms with van der Waals surface area (Å²) in [5.74, 6) is 6.71. The van der Waals surface area contributed by atoms with Gasteiger partial charge in [-0.05, 0) is 97.5 Å². The van der Waals surface area contributed by atoms with Crippen molar-refractivity contribution in [2.24, 2.45) is 35.5 Å². The van der Waals surface area contributed by atoms with Gasteiger partial charge in [0.25, 0.3) is 0 Å². The van der Waals surface area contributed by atoms with Crippen LogP contribution in [-0.2, 0) is 0 Å². The molecule has 2 atom stereocenters. The Morgan fingerprint density at radius 1 is 0.647 bits per heavy atom. The van der Waals surface area contributed by atoms with Crippen molar-refractivity contribution < 1.29 is 4.39 Å². The lowest BCUT2D eigenvalue weighted by atomic mass is 9.67. The number of benzene rings is 2. The van der Waals surface area contributed by atoms with Crippen LogP contribution in [0.1, 0.15) is 104 Å². The molecule has 3 aliphatic carbocycles. The summed E-state index contributed by atoms with van der Waals surface area (Å²) in [5.41, 5.74) is 2.25. The van der Waals surface area contributed by atoms with Crippen molar-refractivity contribution in [1.82, 2.24) is 0 Å². The molecule has 0 amide bonds. The van der Waals surface area contributed by atoms with E-state index in [0.29, 0.717) is 11.8 Å². The fraction of sp³-hybridized carbons (Fsp3) is 0.636. The highest BCUT2D eigenvalue weighted by atomic mass is 19.1. The first kappa shape index (κ1) is 27.0. The third-order valence-electron chi connectivity index (χ3n) is 8.63. The number of rotatable bonds is 5. The van der Waals surface area contributed by atoms with Crippen molar-refractivity contribution >= 4 is 0 Å². The molecule has 0 heterocycles. The number of hydrogen-bond acceptors (Lipinski definition) is 0. The molecular weight excluding hydrogens is 415 g/mol. The predicted molar refractivity (Wildman–Crippen MR) is 146 cm³/mol. The van der Waals surface area contributed by atoms with Crippen molar-refractivity contribution in [2.45, 2.75) is 98.1 Å². The van der Waals surface area contributed by atoms with Crippen LogP contribution in [-0.4, -0.2) is 5.67 Å². The van der Waals surface area contributed by atoms with E-state index >= 15 is 0 Å². The first-order chi connectivity index (χ1) is 16.1. The van der Waals surface area contributed by atoms with Gasteiger partial charge in [-0.1, -0.05) is 102 Å². The van der Waals surface area contributed by atoms with Crippen molar-refractivity contribution in [3.63, 3.8) is 0 Å². The van der Waals surface area contributed by atoms with E-state index in [4.69, 9.17) is 0 Å². The van der Waals surface area contributed by atoms with Crippen molar-refractivity contribution in [1.29, 1.82) is 0 Å². The van der Waals surface area contributed by atoms with Gasteiger partial charge in [-0.3, -0.25) is 0 Å². The molecule has 2 aromatic carbocycles. The average Bonchev–Trinajstić information content (AvgIpc) is 3.54. The summed E-state index contributed by atoms with van der Waals surface area (Å²) in [6.45, 7) is 15.4. The van der Waals surface area contributed by atoms with Gasteiger partial charge >= 0.3 is 0 Å². The maximum absolute atomic E-state index is 12.8. The van der Waals surface area contributed by atoms with Gasteiger partial charge in [0.05, 0.1) is 0 Å². The molecule has 0 N–H and O–H groups in total. The highest BCUT2D eigenvalue weighted by Crippen LogP contribution is 2.51.